The Hall–Kier alpha value is -2.71. The van der Waals surface area contributed by atoms with Crippen LogP contribution in [0.3, 0.4) is 0 Å². The summed E-state index contributed by atoms with van der Waals surface area (Å²) < 4.78 is 5.15. The lowest BCUT2D eigenvalue weighted by molar-refractivity contribution is -0.133. The number of hydrogen-bond donors (Lipinski definition) is 1. The predicted molar refractivity (Wildman–Crippen MR) is 128 cm³/mol. The van der Waals surface area contributed by atoms with E-state index in [1.54, 1.807) is 23.5 Å². The van der Waals surface area contributed by atoms with Gasteiger partial charge in [0.2, 0.25) is 0 Å². The summed E-state index contributed by atoms with van der Waals surface area (Å²) in [4.78, 5) is 28.8. The van der Waals surface area contributed by atoms with Crippen molar-refractivity contribution in [3.63, 3.8) is 0 Å². The molecule has 0 radical (unpaired) electrons. The number of amides is 3. The summed E-state index contributed by atoms with van der Waals surface area (Å²) >= 11 is 1.61. The molecule has 7 nitrogen and oxygen atoms in total. The van der Waals surface area contributed by atoms with Gasteiger partial charge in [0.25, 0.3) is 5.91 Å². The lowest BCUT2D eigenvalue weighted by atomic mass is 10.00. The van der Waals surface area contributed by atoms with E-state index in [-0.39, 0.29) is 24.5 Å². The molecule has 1 atom stereocenters. The summed E-state index contributed by atoms with van der Waals surface area (Å²) in [7, 11) is 1.58. The van der Waals surface area contributed by atoms with Crippen molar-refractivity contribution in [2.45, 2.75) is 45.7 Å². The van der Waals surface area contributed by atoms with Crippen molar-refractivity contribution in [2.75, 3.05) is 26.8 Å². The molecule has 1 aliphatic heterocycles. The first-order valence-electron chi connectivity index (χ1n) is 10.7. The summed E-state index contributed by atoms with van der Waals surface area (Å²) in [5.74, 6) is -0.220. The molecule has 3 amide bonds. The number of aryl methyl sites for hydroxylation is 1. The van der Waals surface area contributed by atoms with Crippen LogP contribution in [0.1, 0.15) is 49.2 Å². The minimum absolute atomic E-state index is 0.0745. The van der Waals surface area contributed by atoms with Gasteiger partial charge in [-0.3, -0.25) is 4.79 Å². The molecule has 3 rings (SSSR count). The zero-order valence-electron chi connectivity index (χ0n) is 19.4. The number of urea groups is 1. The highest BCUT2D eigenvalue weighted by atomic mass is 32.1. The van der Waals surface area contributed by atoms with E-state index >= 15 is 0 Å². The highest BCUT2D eigenvalue weighted by Crippen LogP contribution is 2.34. The Morgan fingerprint density at radius 2 is 1.97 bits per heavy atom. The Labute approximate surface area is 194 Å². The molecule has 2 heterocycles. The average molecular weight is 457 g/mol. The summed E-state index contributed by atoms with van der Waals surface area (Å²) in [6, 6.07) is 11.7. The lowest BCUT2D eigenvalue weighted by Gasteiger charge is -2.30. The van der Waals surface area contributed by atoms with Crippen molar-refractivity contribution in [3.05, 3.63) is 57.8 Å². The highest BCUT2D eigenvalue weighted by Gasteiger charge is 2.35. The molecule has 0 unspecified atom stereocenters. The van der Waals surface area contributed by atoms with Crippen LogP contribution >= 0.6 is 11.3 Å². The molecule has 0 bridgehead atoms. The number of thiophene rings is 1. The van der Waals surface area contributed by atoms with E-state index in [9.17, 15) is 9.59 Å². The Morgan fingerprint density at radius 3 is 2.56 bits per heavy atom. The number of hydrazone groups is 1. The van der Waals surface area contributed by atoms with Crippen LogP contribution in [0.15, 0.2) is 46.9 Å². The molecule has 0 saturated heterocycles. The summed E-state index contributed by atoms with van der Waals surface area (Å²) in [6.07, 6.45) is 0.640. The second-order valence-electron chi connectivity index (χ2n) is 8.99. The molecule has 1 aromatic carbocycles. The second-order valence-corrected chi connectivity index (χ2v) is 9.94. The topological polar surface area (TPSA) is 74.2 Å². The van der Waals surface area contributed by atoms with E-state index in [1.807, 2.05) is 69.5 Å². The maximum Gasteiger partial charge on any atom is 0.318 e. The van der Waals surface area contributed by atoms with Crippen molar-refractivity contribution in [1.29, 1.82) is 0 Å². The fraction of sp³-hybridized carbons (Fsp3) is 0.458. The molecule has 172 valence electrons. The number of benzene rings is 1. The van der Waals surface area contributed by atoms with Crippen molar-refractivity contribution in [3.8, 4) is 0 Å². The Morgan fingerprint density at radius 1 is 1.25 bits per heavy atom. The minimum Gasteiger partial charge on any atom is -0.383 e. The van der Waals surface area contributed by atoms with E-state index in [0.717, 1.165) is 21.7 Å². The van der Waals surface area contributed by atoms with Crippen LogP contribution in [0.4, 0.5) is 4.79 Å². The van der Waals surface area contributed by atoms with Crippen molar-refractivity contribution < 1.29 is 14.3 Å². The normalized spacial score (nSPS) is 16.1. The SMILES string of the molecule is COCCN(CC(=O)N1N=C(c2cccs2)C[C@H]1c1ccc(C)cc1)C(=O)NC(C)(C)C. The third-order valence-corrected chi connectivity index (χ3v) is 6.01. The van der Waals surface area contributed by atoms with Gasteiger partial charge in [-0.1, -0.05) is 35.9 Å². The smallest absolute Gasteiger partial charge is 0.318 e. The largest absolute Gasteiger partial charge is 0.383 e. The monoisotopic (exact) mass is 456 g/mol. The van der Waals surface area contributed by atoms with Crippen LogP contribution in [0.5, 0.6) is 0 Å². The number of hydrogen-bond acceptors (Lipinski definition) is 5. The molecule has 1 N–H and O–H groups in total. The molecule has 0 spiro atoms. The van der Waals surface area contributed by atoms with Crippen LogP contribution < -0.4 is 5.32 Å². The molecular formula is C24H32N4O3S. The number of nitrogens with one attached hydrogen (secondary N) is 1. The van der Waals surface area contributed by atoms with Gasteiger partial charge in [-0.15, -0.1) is 11.3 Å². The van der Waals surface area contributed by atoms with Gasteiger partial charge < -0.3 is 15.0 Å². The number of methoxy groups -OCH3 is 1. The third kappa shape index (κ3) is 6.17. The molecule has 0 saturated carbocycles. The van der Waals surface area contributed by atoms with Gasteiger partial charge in [-0.2, -0.15) is 5.10 Å². The molecular weight excluding hydrogens is 424 g/mol. The molecule has 2 aromatic rings. The molecule has 1 aliphatic rings. The summed E-state index contributed by atoms with van der Waals surface area (Å²) in [5.41, 5.74) is 2.67. The quantitative estimate of drug-likeness (QED) is 0.679. The maximum atomic E-state index is 13.4. The zero-order chi connectivity index (χ0) is 23.3. The van der Waals surface area contributed by atoms with Crippen molar-refractivity contribution >= 4 is 29.0 Å². The van der Waals surface area contributed by atoms with Crippen LogP contribution in [0.25, 0.3) is 0 Å². The highest BCUT2D eigenvalue weighted by molar-refractivity contribution is 7.12. The molecule has 8 heteroatoms. The van der Waals surface area contributed by atoms with Gasteiger partial charge in [0, 0.05) is 25.6 Å². The van der Waals surface area contributed by atoms with Gasteiger partial charge in [0.1, 0.15) is 6.54 Å². The second kappa shape index (κ2) is 10.3. The minimum atomic E-state index is -0.409. The molecule has 1 aromatic heterocycles. The van der Waals surface area contributed by atoms with Gasteiger partial charge in [-0.05, 0) is 44.7 Å². The van der Waals surface area contributed by atoms with Crippen LogP contribution in [-0.2, 0) is 9.53 Å². The molecule has 0 aliphatic carbocycles. The molecule has 32 heavy (non-hydrogen) atoms. The Bertz CT molecular complexity index is 949. The average Bonchev–Trinajstić information content (AvgIpc) is 3.40. The number of carbonyl (C=O) groups excluding carboxylic acids is 2. The Kier molecular flexibility index (Phi) is 7.69. The van der Waals surface area contributed by atoms with E-state index in [2.05, 4.69) is 5.32 Å². The number of nitrogens with zero attached hydrogens (tertiary/aromatic N) is 3. The third-order valence-electron chi connectivity index (χ3n) is 5.09. The zero-order valence-corrected chi connectivity index (χ0v) is 20.2. The Balaban J connectivity index is 1.84. The molecule has 0 fully saturated rings. The van der Waals surface area contributed by atoms with Gasteiger partial charge in [0.05, 0.1) is 23.2 Å². The van der Waals surface area contributed by atoms with Crippen LogP contribution in [-0.4, -0.2) is 59.9 Å². The first-order chi connectivity index (χ1) is 15.2. The van der Waals surface area contributed by atoms with Gasteiger partial charge >= 0.3 is 6.03 Å². The van der Waals surface area contributed by atoms with E-state index in [0.29, 0.717) is 19.6 Å². The summed E-state index contributed by atoms with van der Waals surface area (Å²) in [6.45, 7) is 8.35. The van der Waals surface area contributed by atoms with Gasteiger partial charge in [-0.25, -0.2) is 9.80 Å². The number of ether oxygens (including phenoxy) is 1. The first kappa shape index (κ1) is 23.9. The van der Waals surface area contributed by atoms with E-state index < -0.39 is 5.54 Å². The predicted octanol–water partition coefficient (Wildman–Crippen LogP) is 4.19. The number of rotatable bonds is 7. The van der Waals surface area contributed by atoms with Crippen LogP contribution in [0, 0.1) is 6.92 Å². The fourth-order valence-electron chi connectivity index (χ4n) is 3.47. The van der Waals surface area contributed by atoms with Crippen molar-refractivity contribution in [2.24, 2.45) is 5.10 Å². The lowest BCUT2D eigenvalue weighted by Crippen LogP contribution is -2.52. The van der Waals surface area contributed by atoms with Crippen LogP contribution in [0.2, 0.25) is 0 Å². The maximum absolute atomic E-state index is 13.4. The first-order valence-corrected chi connectivity index (χ1v) is 11.6. The fourth-order valence-corrected chi connectivity index (χ4v) is 4.19. The van der Waals surface area contributed by atoms with Crippen molar-refractivity contribution in [1.82, 2.24) is 15.2 Å². The van der Waals surface area contributed by atoms with E-state index in [4.69, 9.17) is 9.84 Å². The van der Waals surface area contributed by atoms with Gasteiger partial charge in [0.15, 0.2) is 0 Å². The standard InChI is InChI=1S/C24H32N4O3S/c1-17-8-10-18(11-9-17)20-15-19(21-7-6-14-32-21)26-28(20)22(29)16-27(12-13-31-5)23(30)25-24(2,3)4/h6-11,14,20H,12-13,15-16H2,1-5H3,(H,25,30)/t20-/m0/s1. The summed E-state index contributed by atoms with van der Waals surface area (Å²) in [5, 5.41) is 11.2. The number of carbonyl (C=O) groups is 2. The van der Waals surface area contributed by atoms with E-state index in [1.165, 1.54) is 4.90 Å².